The zero-order chi connectivity index (χ0) is 21.3. The van der Waals surface area contributed by atoms with Gasteiger partial charge in [-0.2, -0.15) is 0 Å². The second kappa shape index (κ2) is 7.93. The molecule has 0 aromatic heterocycles. The predicted octanol–water partition coefficient (Wildman–Crippen LogP) is 3.85. The molecule has 0 amide bonds. The molecule has 1 aromatic rings. The molecule has 0 N–H and O–H groups in total. The third-order valence-electron chi connectivity index (χ3n) is 5.53. The van der Waals surface area contributed by atoms with Crippen LogP contribution in [-0.4, -0.2) is 37.2 Å². The molecule has 1 aromatic carbocycles. The lowest BCUT2D eigenvalue weighted by molar-refractivity contribution is -0.146. The number of carbonyl (C=O) groups is 3. The zero-order valence-corrected chi connectivity index (χ0v) is 17.6. The van der Waals surface area contributed by atoms with Gasteiger partial charge in [-0.25, -0.2) is 4.79 Å². The van der Waals surface area contributed by atoms with Crippen LogP contribution in [0, 0.1) is 11.3 Å². The smallest absolute Gasteiger partial charge is 0.337 e. The Labute approximate surface area is 171 Å². The minimum Gasteiger partial charge on any atom is -0.465 e. The first kappa shape index (κ1) is 21.0. The van der Waals surface area contributed by atoms with E-state index in [1.165, 1.54) is 7.11 Å². The molecule has 6 heteroatoms. The molecular formula is C23H27NO5. The molecule has 29 heavy (non-hydrogen) atoms. The fraction of sp³-hybridized carbons (Fsp3) is 0.478. The molecule has 0 fully saturated rings. The minimum absolute atomic E-state index is 0.0174. The van der Waals surface area contributed by atoms with Gasteiger partial charge in [-0.3, -0.25) is 14.6 Å². The Bertz CT molecular complexity index is 908. The number of nitrogens with zero attached hydrogens (tertiary/aromatic N) is 1. The third-order valence-corrected chi connectivity index (χ3v) is 5.53. The zero-order valence-electron chi connectivity index (χ0n) is 17.6. The predicted molar refractivity (Wildman–Crippen MR) is 109 cm³/mol. The van der Waals surface area contributed by atoms with Gasteiger partial charge in [0.25, 0.3) is 0 Å². The number of Topliss-reactive ketones (excluding diaryl/α,β-unsaturated/α-hetero) is 1. The van der Waals surface area contributed by atoms with Gasteiger partial charge in [0.15, 0.2) is 5.78 Å². The highest BCUT2D eigenvalue weighted by Gasteiger charge is 2.45. The van der Waals surface area contributed by atoms with Crippen LogP contribution in [0.4, 0.5) is 0 Å². The Morgan fingerprint density at radius 3 is 2.41 bits per heavy atom. The van der Waals surface area contributed by atoms with E-state index in [9.17, 15) is 14.4 Å². The monoisotopic (exact) mass is 397 g/mol. The summed E-state index contributed by atoms with van der Waals surface area (Å²) in [7, 11) is 1.33. The summed E-state index contributed by atoms with van der Waals surface area (Å²) in [5.74, 6) is -1.95. The molecular weight excluding hydrogens is 370 g/mol. The number of ether oxygens (including phenoxy) is 2. The van der Waals surface area contributed by atoms with Gasteiger partial charge in [0.1, 0.15) is 5.92 Å². The van der Waals surface area contributed by atoms with E-state index >= 15 is 0 Å². The highest BCUT2D eigenvalue weighted by atomic mass is 16.5. The molecule has 1 unspecified atom stereocenters. The van der Waals surface area contributed by atoms with E-state index in [1.807, 2.05) is 6.92 Å². The quantitative estimate of drug-likeness (QED) is 0.721. The van der Waals surface area contributed by atoms with Crippen LogP contribution in [0.2, 0.25) is 0 Å². The van der Waals surface area contributed by atoms with Crippen molar-refractivity contribution in [3.05, 3.63) is 46.7 Å². The Hall–Kier alpha value is -2.76. The number of hydrogen-bond donors (Lipinski definition) is 0. The van der Waals surface area contributed by atoms with Crippen molar-refractivity contribution >= 4 is 23.4 Å². The molecule has 154 valence electrons. The fourth-order valence-corrected chi connectivity index (χ4v) is 4.29. The molecule has 0 spiro atoms. The van der Waals surface area contributed by atoms with Crippen molar-refractivity contribution in [1.82, 2.24) is 0 Å². The maximum Gasteiger partial charge on any atom is 0.337 e. The summed E-state index contributed by atoms with van der Waals surface area (Å²) in [5, 5.41) is 0. The van der Waals surface area contributed by atoms with Crippen LogP contribution in [0.25, 0.3) is 0 Å². The van der Waals surface area contributed by atoms with Crippen molar-refractivity contribution in [3.8, 4) is 0 Å². The summed E-state index contributed by atoms with van der Waals surface area (Å²) >= 11 is 0. The third kappa shape index (κ3) is 4.02. The van der Waals surface area contributed by atoms with Crippen LogP contribution < -0.4 is 0 Å². The molecule has 0 bridgehead atoms. The standard InChI is InChI=1S/C23H27NO5/c1-6-29-22(27)18-13(2)24-16-11-23(3,4)12-17(25)20(16)19(18)14-7-9-15(10-8-14)21(26)28-5/h7-10,18-19H,6,11-12H2,1-5H3/t18?,19-/m1/s1. The first-order valence-corrected chi connectivity index (χ1v) is 9.85. The van der Waals surface area contributed by atoms with E-state index in [4.69, 9.17) is 9.47 Å². The average Bonchev–Trinajstić information content (AvgIpc) is 2.65. The van der Waals surface area contributed by atoms with Gasteiger partial charge >= 0.3 is 11.9 Å². The SMILES string of the molecule is CCOC(=O)C1C(C)=NC2=C(C(=O)CC(C)(C)C2)[C@@H]1c1ccc(C(=O)OC)cc1. The van der Waals surface area contributed by atoms with Gasteiger partial charge in [0.05, 0.1) is 19.3 Å². The molecule has 3 rings (SSSR count). The van der Waals surface area contributed by atoms with Gasteiger partial charge in [-0.15, -0.1) is 0 Å². The van der Waals surface area contributed by atoms with Gasteiger partial charge in [-0.1, -0.05) is 26.0 Å². The topological polar surface area (TPSA) is 82.0 Å². The highest BCUT2D eigenvalue weighted by Crippen LogP contribution is 2.47. The Morgan fingerprint density at radius 1 is 1.17 bits per heavy atom. The number of hydrogen-bond acceptors (Lipinski definition) is 6. The second-order valence-corrected chi connectivity index (χ2v) is 8.38. The van der Waals surface area contributed by atoms with Crippen molar-refractivity contribution in [2.45, 2.75) is 46.5 Å². The molecule has 2 atom stereocenters. The van der Waals surface area contributed by atoms with Crippen LogP contribution in [0.1, 0.15) is 62.4 Å². The molecule has 0 radical (unpaired) electrons. The fourth-order valence-electron chi connectivity index (χ4n) is 4.29. The number of allylic oxidation sites excluding steroid dienone is 2. The van der Waals surface area contributed by atoms with Gasteiger partial charge in [0, 0.05) is 29.3 Å². The molecule has 1 heterocycles. The van der Waals surface area contributed by atoms with Crippen molar-refractivity contribution in [2.24, 2.45) is 16.3 Å². The Morgan fingerprint density at radius 2 is 1.83 bits per heavy atom. The number of carbonyl (C=O) groups excluding carboxylic acids is 3. The molecule has 0 saturated carbocycles. The lowest BCUT2D eigenvalue weighted by Crippen LogP contribution is -2.39. The highest BCUT2D eigenvalue weighted by molar-refractivity contribution is 6.09. The van der Waals surface area contributed by atoms with Crippen LogP contribution in [-0.2, 0) is 19.1 Å². The lowest BCUT2D eigenvalue weighted by atomic mass is 9.67. The first-order chi connectivity index (χ1) is 13.7. The van der Waals surface area contributed by atoms with E-state index < -0.39 is 17.8 Å². The van der Waals surface area contributed by atoms with Crippen molar-refractivity contribution in [1.29, 1.82) is 0 Å². The van der Waals surface area contributed by atoms with Crippen LogP contribution in [0.5, 0.6) is 0 Å². The number of methoxy groups -OCH3 is 1. The van der Waals surface area contributed by atoms with E-state index in [0.29, 0.717) is 29.7 Å². The van der Waals surface area contributed by atoms with Crippen LogP contribution >= 0.6 is 0 Å². The number of rotatable bonds is 4. The molecule has 1 aliphatic carbocycles. The summed E-state index contributed by atoms with van der Waals surface area (Å²) < 4.78 is 10.1. The minimum atomic E-state index is -0.664. The normalized spacial score (nSPS) is 23.2. The van der Waals surface area contributed by atoms with Crippen molar-refractivity contribution in [3.63, 3.8) is 0 Å². The number of ketones is 1. The number of esters is 2. The number of benzene rings is 1. The largest absolute Gasteiger partial charge is 0.465 e. The number of aliphatic imine (C=N–C) groups is 1. The molecule has 0 saturated heterocycles. The second-order valence-electron chi connectivity index (χ2n) is 8.38. The van der Waals surface area contributed by atoms with Gasteiger partial charge in [0.2, 0.25) is 0 Å². The lowest BCUT2D eigenvalue weighted by Gasteiger charge is -2.39. The maximum absolute atomic E-state index is 13.1. The van der Waals surface area contributed by atoms with Crippen LogP contribution in [0.15, 0.2) is 40.5 Å². The summed E-state index contributed by atoms with van der Waals surface area (Å²) in [6, 6.07) is 6.86. The summed E-state index contributed by atoms with van der Waals surface area (Å²) in [4.78, 5) is 42.4. The summed E-state index contributed by atoms with van der Waals surface area (Å²) in [6.45, 7) is 7.93. The van der Waals surface area contributed by atoms with Crippen molar-refractivity contribution < 1.29 is 23.9 Å². The summed E-state index contributed by atoms with van der Waals surface area (Å²) in [6.07, 6.45) is 1.09. The Kier molecular flexibility index (Phi) is 5.73. The van der Waals surface area contributed by atoms with E-state index in [1.54, 1.807) is 31.2 Å². The first-order valence-electron chi connectivity index (χ1n) is 9.85. The van der Waals surface area contributed by atoms with Crippen LogP contribution in [0.3, 0.4) is 0 Å². The summed E-state index contributed by atoms with van der Waals surface area (Å²) in [5.41, 5.74) is 3.02. The average molecular weight is 397 g/mol. The van der Waals surface area contributed by atoms with E-state index in [2.05, 4.69) is 18.8 Å². The van der Waals surface area contributed by atoms with Gasteiger partial charge in [-0.05, 0) is 43.4 Å². The van der Waals surface area contributed by atoms with E-state index in [-0.39, 0.29) is 23.8 Å². The molecule has 6 nitrogen and oxygen atoms in total. The molecule has 2 aliphatic rings. The maximum atomic E-state index is 13.1. The Balaban J connectivity index is 2.13. The van der Waals surface area contributed by atoms with E-state index in [0.717, 1.165) is 11.3 Å². The van der Waals surface area contributed by atoms with Crippen molar-refractivity contribution in [2.75, 3.05) is 13.7 Å². The van der Waals surface area contributed by atoms with Gasteiger partial charge < -0.3 is 9.47 Å². The molecule has 1 aliphatic heterocycles.